The van der Waals surface area contributed by atoms with Crippen LogP contribution in [0.4, 0.5) is 0 Å². The number of para-hydroxylation sites is 1. The van der Waals surface area contributed by atoms with Crippen LogP contribution in [0.25, 0.3) is 0 Å². The molecule has 7 nitrogen and oxygen atoms in total. The normalized spacial score (nSPS) is 16.7. The second-order valence-electron chi connectivity index (χ2n) is 7.56. The Balaban J connectivity index is 0.000000597. The molecule has 0 aliphatic heterocycles. The Morgan fingerprint density at radius 3 is 2.27 bits per heavy atom. The van der Waals surface area contributed by atoms with Crippen molar-refractivity contribution in [2.45, 2.75) is 64.0 Å². The fraction of sp³-hybridized carbons (Fsp3) is 0.667. The van der Waals surface area contributed by atoms with Gasteiger partial charge in [-0.15, -0.1) is 0 Å². The number of aliphatic hydroxyl groups is 1. The monoisotopic (exact) mass is 389 g/mol. The van der Waals surface area contributed by atoms with Crippen LogP contribution in [0.3, 0.4) is 0 Å². The summed E-state index contributed by atoms with van der Waals surface area (Å²) < 4.78 is 37.5. The number of rotatable bonds is 6. The third-order valence-electron chi connectivity index (χ3n) is 4.01. The molecule has 0 saturated heterocycles. The van der Waals surface area contributed by atoms with Crippen LogP contribution >= 0.6 is 0 Å². The van der Waals surface area contributed by atoms with Gasteiger partial charge >= 0.3 is 10.4 Å². The van der Waals surface area contributed by atoms with Gasteiger partial charge in [0.25, 0.3) is 0 Å². The highest BCUT2D eigenvalue weighted by Gasteiger charge is 2.21. The molecular formula is C18H31NO6S. The van der Waals surface area contributed by atoms with E-state index in [1.807, 2.05) is 12.1 Å². The van der Waals surface area contributed by atoms with Crippen molar-refractivity contribution in [1.29, 1.82) is 0 Å². The van der Waals surface area contributed by atoms with E-state index in [1.54, 1.807) is 0 Å². The highest BCUT2D eigenvalue weighted by molar-refractivity contribution is 7.79. The lowest BCUT2D eigenvalue weighted by Gasteiger charge is -2.23. The predicted molar refractivity (Wildman–Crippen MR) is 101 cm³/mol. The Morgan fingerprint density at radius 2 is 1.73 bits per heavy atom. The van der Waals surface area contributed by atoms with Crippen LogP contribution in [0.5, 0.6) is 5.75 Å². The van der Waals surface area contributed by atoms with E-state index in [2.05, 4.69) is 38.2 Å². The van der Waals surface area contributed by atoms with Crippen molar-refractivity contribution >= 4 is 10.4 Å². The Labute approximate surface area is 156 Å². The van der Waals surface area contributed by atoms with E-state index < -0.39 is 16.5 Å². The molecule has 1 saturated carbocycles. The largest absolute Gasteiger partial charge is 0.491 e. The van der Waals surface area contributed by atoms with Gasteiger partial charge in [-0.25, -0.2) is 0 Å². The first-order valence-electron chi connectivity index (χ1n) is 8.80. The number of hydrogen-bond acceptors (Lipinski definition) is 5. The molecule has 4 N–H and O–H groups in total. The van der Waals surface area contributed by atoms with Crippen LogP contribution in [-0.4, -0.2) is 47.4 Å². The highest BCUT2D eigenvalue weighted by Crippen LogP contribution is 2.38. The smallest absolute Gasteiger partial charge is 0.394 e. The fourth-order valence-electron chi connectivity index (χ4n) is 2.85. The zero-order valence-electron chi connectivity index (χ0n) is 15.7. The van der Waals surface area contributed by atoms with Crippen molar-refractivity contribution in [2.24, 2.45) is 0 Å². The topological polar surface area (TPSA) is 116 Å². The maximum absolute atomic E-state index is 10.0. The van der Waals surface area contributed by atoms with E-state index in [4.69, 9.17) is 22.3 Å². The van der Waals surface area contributed by atoms with Crippen LogP contribution in [0.15, 0.2) is 24.3 Å². The molecule has 0 bridgehead atoms. The first-order valence-corrected chi connectivity index (χ1v) is 10.2. The van der Waals surface area contributed by atoms with Crippen LogP contribution < -0.4 is 10.1 Å². The molecule has 1 aromatic rings. The first-order chi connectivity index (χ1) is 12.0. The molecule has 8 heteroatoms. The van der Waals surface area contributed by atoms with Gasteiger partial charge in [0.1, 0.15) is 18.5 Å². The number of β-amino-alcohol motifs (C(OH)–C–C–N with tert-alkyl or cyclic N) is 1. The Bertz CT molecular complexity index is 627. The zero-order chi connectivity index (χ0) is 19.8. The molecule has 0 aromatic heterocycles. The summed E-state index contributed by atoms with van der Waals surface area (Å²) in [4.78, 5) is 0. The van der Waals surface area contributed by atoms with Crippen molar-refractivity contribution in [1.82, 2.24) is 5.32 Å². The summed E-state index contributed by atoms with van der Waals surface area (Å²) in [5.74, 6) is 1.57. The van der Waals surface area contributed by atoms with Gasteiger partial charge < -0.3 is 15.2 Å². The average Bonchev–Trinajstić information content (AvgIpc) is 3.03. The number of ether oxygens (including phenoxy) is 1. The molecule has 26 heavy (non-hydrogen) atoms. The lowest BCUT2D eigenvalue weighted by atomic mass is 9.97. The van der Waals surface area contributed by atoms with Gasteiger partial charge in [0.2, 0.25) is 0 Å². The molecule has 1 aromatic carbocycles. The lowest BCUT2D eigenvalue weighted by molar-refractivity contribution is 0.0993. The minimum atomic E-state index is -4.67. The van der Waals surface area contributed by atoms with Crippen LogP contribution in [0.2, 0.25) is 0 Å². The molecule has 2 rings (SSSR count). The minimum absolute atomic E-state index is 0.0166. The van der Waals surface area contributed by atoms with E-state index >= 15 is 0 Å². The van der Waals surface area contributed by atoms with E-state index in [-0.39, 0.29) is 5.54 Å². The van der Waals surface area contributed by atoms with Gasteiger partial charge in [0, 0.05) is 12.1 Å². The molecular weight excluding hydrogens is 358 g/mol. The quantitative estimate of drug-likeness (QED) is 0.553. The Kier molecular flexibility index (Phi) is 8.99. The minimum Gasteiger partial charge on any atom is -0.491 e. The lowest BCUT2D eigenvalue weighted by Crippen LogP contribution is -2.42. The van der Waals surface area contributed by atoms with E-state index in [0.717, 1.165) is 5.75 Å². The molecule has 0 amide bonds. The van der Waals surface area contributed by atoms with Gasteiger partial charge in [0.15, 0.2) is 0 Å². The second kappa shape index (κ2) is 10.2. The molecule has 150 valence electrons. The van der Waals surface area contributed by atoms with Gasteiger partial charge in [-0.3, -0.25) is 9.11 Å². The van der Waals surface area contributed by atoms with E-state index in [1.165, 1.54) is 31.2 Å². The summed E-state index contributed by atoms with van der Waals surface area (Å²) in [5, 5.41) is 13.3. The fourth-order valence-corrected chi connectivity index (χ4v) is 2.85. The molecule has 1 aliphatic rings. The summed E-state index contributed by atoms with van der Waals surface area (Å²) in [7, 11) is -4.67. The molecule has 0 radical (unpaired) electrons. The maximum atomic E-state index is 10.0. The molecule has 1 fully saturated rings. The number of benzene rings is 1. The summed E-state index contributed by atoms with van der Waals surface area (Å²) in [5.41, 5.74) is 1.33. The Morgan fingerprint density at radius 1 is 1.19 bits per heavy atom. The SMILES string of the molecule is CC(C)(C)NC[C@@H](O)COc1ccccc1C1CCCC1.O=S(=O)(O)O. The summed E-state index contributed by atoms with van der Waals surface area (Å²) >= 11 is 0. The molecule has 0 unspecified atom stereocenters. The summed E-state index contributed by atoms with van der Waals surface area (Å²) in [6, 6.07) is 8.29. The number of nitrogens with one attached hydrogen (secondary N) is 1. The second-order valence-corrected chi connectivity index (χ2v) is 8.46. The van der Waals surface area contributed by atoms with E-state index in [0.29, 0.717) is 19.1 Å². The highest BCUT2D eigenvalue weighted by atomic mass is 32.3. The molecule has 0 spiro atoms. The third-order valence-corrected chi connectivity index (χ3v) is 4.01. The van der Waals surface area contributed by atoms with E-state index in [9.17, 15) is 5.11 Å². The van der Waals surface area contributed by atoms with Crippen molar-refractivity contribution < 1.29 is 27.4 Å². The standard InChI is InChI=1S/C18H29NO2.H2O4S/c1-18(2,3)19-12-15(20)13-21-17-11-7-6-10-16(17)14-8-4-5-9-14;1-5(2,3)4/h6-7,10-11,14-15,19-20H,4-5,8-9,12-13H2,1-3H3;(H2,1,2,3,4)/t15-;/m1./s1. The van der Waals surface area contributed by atoms with Crippen molar-refractivity contribution in [3.05, 3.63) is 29.8 Å². The predicted octanol–water partition coefficient (Wildman–Crippen LogP) is 2.82. The summed E-state index contributed by atoms with van der Waals surface area (Å²) in [6.45, 7) is 7.17. The molecule has 1 atom stereocenters. The third kappa shape index (κ3) is 10.7. The average molecular weight is 390 g/mol. The van der Waals surface area contributed by atoms with Crippen molar-refractivity contribution in [2.75, 3.05) is 13.2 Å². The van der Waals surface area contributed by atoms with Gasteiger partial charge in [-0.2, -0.15) is 8.42 Å². The zero-order valence-corrected chi connectivity index (χ0v) is 16.5. The van der Waals surface area contributed by atoms with Crippen LogP contribution in [-0.2, 0) is 10.4 Å². The number of aliphatic hydroxyl groups excluding tert-OH is 1. The number of hydrogen-bond donors (Lipinski definition) is 4. The van der Waals surface area contributed by atoms with Crippen LogP contribution in [0, 0.1) is 0 Å². The van der Waals surface area contributed by atoms with Gasteiger partial charge in [-0.05, 0) is 51.2 Å². The van der Waals surface area contributed by atoms with Crippen molar-refractivity contribution in [3.8, 4) is 5.75 Å². The van der Waals surface area contributed by atoms with Gasteiger partial charge in [0.05, 0.1) is 0 Å². The van der Waals surface area contributed by atoms with Crippen LogP contribution in [0.1, 0.15) is 57.9 Å². The summed E-state index contributed by atoms with van der Waals surface area (Å²) in [6.07, 6.45) is 4.66. The molecule has 0 heterocycles. The van der Waals surface area contributed by atoms with Crippen molar-refractivity contribution in [3.63, 3.8) is 0 Å². The molecule has 1 aliphatic carbocycles. The van der Waals surface area contributed by atoms with Gasteiger partial charge in [-0.1, -0.05) is 31.0 Å². The first kappa shape index (κ1) is 22.9. The maximum Gasteiger partial charge on any atom is 0.394 e. The Hall–Kier alpha value is -1.19.